The summed E-state index contributed by atoms with van der Waals surface area (Å²) in [6, 6.07) is 12.2. The molecule has 9 nitrogen and oxygen atoms in total. The highest BCUT2D eigenvalue weighted by Crippen LogP contribution is 2.41. The van der Waals surface area contributed by atoms with E-state index in [9.17, 15) is 4.79 Å². The molecular weight excluding hydrogens is 378 g/mol. The van der Waals surface area contributed by atoms with Crippen LogP contribution in [0.1, 0.15) is 10.6 Å². The first-order valence-corrected chi connectivity index (χ1v) is 8.56. The Morgan fingerprint density at radius 1 is 0.931 bits per heavy atom. The number of amides is 1. The third-order valence-corrected chi connectivity index (χ3v) is 4.21. The van der Waals surface area contributed by atoms with Crippen LogP contribution in [-0.2, 0) is 0 Å². The van der Waals surface area contributed by atoms with Crippen molar-refractivity contribution in [2.24, 2.45) is 0 Å². The SMILES string of the molecule is COc1cc(-c2nnc(NC(=O)c3cc4ccccc4o3)o2)cc(OC)c1OC. The van der Waals surface area contributed by atoms with Crippen LogP contribution in [0.15, 0.2) is 51.3 Å². The van der Waals surface area contributed by atoms with Crippen molar-refractivity contribution in [3.05, 3.63) is 48.2 Å². The Hall–Kier alpha value is -4.01. The highest BCUT2D eigenvalue weighted by molar-refractivity contribution is 6.03. The lowest BCUT2D eigenvalue weighted by Gasteiger charge is -2.12. The van der Waals surface area contributed by atoms with Gasteiger partial charge in [-0.15, -0.1) is 5.10 Å². The second-order valence-electron chi connectivity index (χ2n) is 5.93. The molecule has 2 aromatic carbocycles. The number of nitrogens with zero attached hydrogens (tertiary/aromatic N) is 2. The summed E-state index contributed by atoms with van der Waals surface area (Å²) in [5.41, 5.74) is 1.15. The molecule has 0 bridgehead atoms. The van der Waals surface area contributed by atoms with Crippen LogP contribution >= 0.6 is 0 Å². The van der Waals surface area contributed by atoms with Gasteiger partial charge in [-0.2, -0.15) is 0 Å². The average molecular weight is 395 g/mol. The van der Waals surface area contributed by atoms with Gasteiger partial charge in [-0.3, -0.25) is 10.1 Å². The molecule has 0 radical (unpaired) electrons. The van der Waals surface area contributed by atoms with Crippen molar-refractivity contribution in [2.75, 3.05) is 26.6 Å². The minimum Gasteiger partial charge on any atom is -0.493 e. The smallest absolute Gasteiger partial charge is 0.322 e. The summed E-state index contributed by atoms with van der Waals surface area (Å²) in [5.74, 6) is 1.13. The monoisotopic (exact) mass is 395 g/mol. The van der Waals surface area contributed by atoms with Gasteiger partial charge in [0.15, 0.2) is 17.3 Å². The Kier molecular flexibility index (Phi) is 4.78. The predicted molar refractivity (Wildman–Crippen MR) is 104 cm³/mol. The molecule has 0 unspecified atom stereocenters. The Balaban J connectivity index is 1.59. The minimum absolute atomic E-state index is 0.0702. The van der Waals surface area contributed by atoms with Crippen molar-refractivity contribution in [1.82, 2.24) is 10.2 Å². The fourth-order valence-corrected chi connectivity index (χ4v) is 2.85. The maximum absolute atomic E-state index is 12.4. The first-order valence-electron chi connectivity index (χ1n) is 8.56. The van der Waals surface area contributed by atoms with Crippen LogP contribution in [0.3, 0.4) is 0 Å². The van der Waals surface area contributed by atoms with Crippen LogP contribution in [0, 0.1) is 0 Å². The summed E-state index contributed by atoms with van der Waals surface area (Å²) in [6.07, 6.45) is 0. The lowest BCUT2D eigenvalue weighted by Crippen LogP contribution is -2.10. The molecule has 1 amide bonds. The third kappa shape index (κ3) is 3.45. The van der Waals surface area contributed by atoms with Gasteiger partial charge in [-0.25, -0.2) is 0 Å². The summed E-state index contributed by atoms with van der Waals surface area (Å²) < 4.78 is 27.0. The van der Waals surface area contributed by atoms with Crippen LogP contribution < -0.4 is 19.5 Å². The van der Waals surface area contributed by atoms with Gasteiger partial charge in [-0.05, 0) is 24.3 Å². The summed E-state index contributed by atoms with van der Waals surface area (Å²) in [5, 5.41) is 11.2. The molecule has 29 heavy (non-hydrogen) atoms. The zero-order valence-corrected chi connectivity index (χ0v) is 15.9. The standard InChI is InChI=1S/C20H17N3O6/c1-25-14-9-12(10-15(26-2)17(14)27-3)19-22-23-20(29-19)21-18(24)16-8-11-6-4-5-7-13(11)28-16/h4-10H,1-3H3,(H,21,23,24). The first-order chi connectivity index (χ1) is 14.1. The van der Waals surface area contributed by atoms with Crippen molar-refractivity contribution in [3.8, 4) is 28.7 Å². The number of hydrogen-bond acceptors (Lipinski definition) is 8. The van der Waals surface area contributed by atoms with E-state index < -0.39 is 5.91 Å². The maximum atomic E-state index is 12.4. The molecule has 0 aliphatic heterocycles. The van der Waals surface area contributed by atoms with Crippen molar-refractivity contribution in [1.29, 1.82) is 0 Å². The van der Waals surface area contributed by atoms with E-state index in [0.717, 1.165) is 5.39 Å². The Bertz CT molecular complexity index is 1120. The van der Waals surface area contributed by atoms with Gasteiger partial charge in [0.1, 0.15) is 5.58 Å². The van der Waals surface area contributed by atoms with Gasteiger partial charge in [0.25, 0.3) is 5.91 Å². The van der Waals surface area contributed by atoms with Gasteiger partial charge in [-0.1, -0.05) is 23.3 Å². The lowest BCUT2D eigenvalue weighted by molar-refractivity contribution is 0.0996. The molecule has 4 rings (SSSR count). The quantitative estimate of drug-likeness (QED) is 0.526. The van der Waals surface area contributed by atoms with Crippen LogP contribution in [0.5, 0.6) is 17.2 Å². The molecule has 148 valence electrons. The molecule has 0 saturated carbocycles. The minimum atomic E-state index is -0.499. The number of nitrogens with one attached hydrogen (secondary N) is 1. The number of methoxy groups -OCH3 is 3. The maximum Gasteiger partial charge on any atom is 0.322 e. The molecule has 4 aromatic rings. The molecule has 0 aliphatic rings. The van der Waals surface area contributed by atoms with E-state index in [1.807, 2.05) is 18.2 Å². The molecule has 2 aromatic heterocycles. The van der Waals surface area contributed by atoms with Crippen LogP contribution in [0.2, 0.25) is 0 Å². The number of aromatic nitrogens is 2. The van der Waals surface area contributed by atoms with Crippen molar-refractivity contribution in [3.63, 3.8) is 0 Å². The Labute approximate surface area is 165 Å². The molecule has 9 heteroatoms. The van der Waals surface area contributed by atoms with Crippen LogP contribution in [-0.4, -0.2) is 37.4 Å². The predicted octanol–water partition coefficient (Wildman–Crippen LogP) is 3.76. The number of para-hydroxylation sites is 1. The molecule has 0 fully saturated rings. The van der Waals surface area contributed by atoms with Gasteiger partial charge in [0.05, 0.1) is 21.3 Å². The number of rotatable bonds is 6. The third-order valence-electron chi connectivity index (χ3n) is 4.21. The number of carbonyl (C=O) groups excluding carboxylic acids is 1. The number of hydrogen-bond donors (Lipinski definition) is 1. The molecule has 2 heterocycles. The number of benzene rings is 2. The zero-order chi connectivity index (χ0) is 20.4. The van der Waals surface area contributed by atoms with E-state index in [0.29, 0.717) is 28.4 Å². The summed E-state index contributed by atoms with van der Waals surface area (Å²) in [6.45, 7) is 0. The average Bonchev–Trinajstić information content (AvgIpc) is 3.39. The number of anilines is 1. The van der Waals surface area contributed by atoms with Gasteiger partial charge < -0.3 is 23.0 Å². The molecule has 0 spiro atoms. The highest BCUT2D eigenvalue weighted by atomic mass is 16.5. The normalized spacial score (nSPS) is 10.7. The number of carbonyl (C=O) groups is 1. The van der Waals surface area contributed by atoms with Gasteiger partial charge in [0.2, 0.25) is 11.6 Å². The second-order valence-corrected chi connectivity index (χ2v) is 5.93. The Morgan fingerprint density at radius 3 is 2.31 bits per heavy atom. The molecule has 0 aliphatic carbocycles. The summed E-state index contributed by atoms with van der Waals surface area (Å²) in [4.78, 5) is 12.4. The number of furan rings is 1. The summed E-state index contributed by atoms with van der Waals surface area (Å²) in [7, 11) is 4.53. The molecular formula is C20H17N3O6. The van der Waals surface area contributed by atoms with E-state index in [-0.39, 0.29) is 17.7 Å². The van der Waals surface area contributed by atoms with Crippen LogP contribution in [0.4, 0.5) is 6.01 Å². The molecule has 0 saturated heterocycles. The zero-order valence-electron chi connectivity index (χ0n) is 15.9. The topological polar surface area (TPSA) is 109 Å². The van der Waals surface area contributed by atoms with E-state index in [1.165, 1.54) is 21.3 Å². The van der Waals surface area contributed by atoms with Crippen molar-refractivity contribution >= 4 is 22.9 Å². The number of ether oxygens (including phenoxy) is 3. The first kappa shape index (κ1) is 18.4. The fraction of sp³-hybridized carbons (Fsp3) is 0.150. The molecule has 0 atom stereocenters. The van der Waals surface area contributed by atoms with E-state index in [2.05, 4.69) is 15.5 Å². The highest BCUT2D eigenvalue weighted by Gasteiger charge is 2.19. The molecule has 1 N–H and O–H groups in total. The fourth-order valence-electron chi connectivity index (χ4n) is 2.85. The van der Waals surface area contributed by atoms with Gasteiger partial charge >= 0.3 is 6.01 Å². The number of fused-ring (bicyclic) bond motifs is 1. The van der Waals surface area contributed by atoms with Crippen molar-refractivity contribution in [2.45, 2.75) is 0 Å². The van der Waals surface area contributed by atoms with Gasteiger partial charge in [0, 0.05) is 10.9 Å². The largest absolute Gasteiger partial charge is 0.493 e. The van der Waals surface area contributed by atoms with Crippen LogP contribution in [0.25, 0.3) is 22.4 Å². The summed E-state index contributed by atoms with van der Waals surface area (Å²) >= 11 is 0. The van der Waals surface area contributed by atoms with E-state index in [1.54, 1.807) is 24.3 Å². The Morgan fingerprint density at radius 2 is 1.66 bits per heavy atom. The lowest BCUT2D eigenvalue weighted by atomic mass is 10.2. The van der Waals surface area contributed by atoms with Crippen molar-refractivity contribution < 1.29 is 27.8 Å². The van der Waals surface area contributed by atoms with E-state index >= 15 is 0 Å². The second kappa shape index (κ2) is 7.55. The van der Waals surface area contributed by atoms with E-state index in [4.69, 9.17) is 23.0 Å².